The van der Waals surface area contributed by atoms with Crippen molar-refractivity contribution in [1.29, 1.82) is 0 Å². The Hall–Kier alpha value is -1.30. The van der Waals surface area contributed by atoms with Crippen molar-refractivity contribution in [2.24, 2.45) is 0 Å². The third kappa shape index (κ3) is 3.75. The molecule has 1 unspecified atom stereocenters. The van der Waals surface area contributed by atoms with Crippen LogP contribution >= 0.6 is 0 Å². The van der Waals surface area contributed by atoms with Gasteiger partial charge in [0.15, 0.2) is 6.10 Å². The third-order valence-corrected chi connectivity index (χ3v) is 1.81. The fourth-order valence-corrected chi connectivity index (χ4v) is 0.837. The fraction of sp³-hybridized carbons (Fsp3) is 0.444. The van der Waals surface area contributed by atoms with Crippen molar-refractivity contribution >= 4 is 5.82 Å². The Labute approximate surface area is 85.1 Å². The highest BCUT2D eigenvalue weighted by Crippen LogP contribution is 2.23. The molecule has 6 heteroatoms. The minimum absolute atomic E-state index is 0.131. The van der Waals surface area contributed by atoms with E-state index in [1.54, 1.807) is 6.07 Å². The summed E-state index contributed by atoms with van der Waals surface area (Å²) in [5.41, 5.74) is 5.88. The van der Waals surface area contributed by atoms with Crippen LogP contribution in [0.15, 0.2) is 18.3 Å². The van der Waals surface area contributed by atoms with Crippen molar-refractivity contribution in [3.05, 3.63) is 23.9 Å². The molecule has 1 atom stereocenters. The summed E-state index contributed by atoms with van der Waals surface area (Å²) in [4.78, 5) is 3.74. The van der Waals surface area contributed by atoms with Crippen LogP contribution in [0.3, 0.4) is 0 Å². The molecule has 1 heterocycles. The van der Waals surface area contributed by atoms with Crippen molar-refractivity contribution in [1.82, 2.24) is 4.98 Å². The van der Waals surface area contributed by atoms with Gasteiger partial charge in [0.2, 0.25) is 0 Å². The quantitative estimate of drug-likeness (QED) is 0.848. The summed E-state index contributed by atoms with van der Waals surface area (Å²) < 4.78 is 40.8. The molecule has 15 heavy (non-hydrogen) atoms. The van der Waals surface area contributed by atoms with Crippen molar-refractivity contribution < 1.29 is 17.9 Å². The molecule has 0 aromatic carbocycles. The molecule has 0 aliphatic heterocycles. The summed E-state index contributed by atoms with van der Waals surface area (Å²) in [5.74, 6) is 0.322. The van der Waals surface area contributed by atoms with Crippen molar-refractivity contribution in [2.75, 3.05) is 5.73 Å². The number of halogens is 3. The number of nitrogen functional groups attached to an aromatic ring is 1. The SMILES string of the molecule is CC(OCc1ccc(N)nc1)C(F)(F)F. The number of nitrogens with zero attached hydrogens (tertiary/aromatic N) is 1. The van der Waals surface area contributed by atoms with Gasteiger partial charge in [0.1, 0.15) is 5.82 Å². The number of hydrogen-bond donors (Lipinski definition) is 1. The Kier molecular flexibility index (Phi) is 3.52. The maximum Gasteiger partial charge on any atom is 0.414 e. The summed E-state index contributed by atoms with van der Waals surface area (Å²) in [6.07, 6.45) is -4.73. The van der Waals surface area contributed by atoms with Crippen LogP contribution in [-0.4, -0.2) is 17.3 Å². The van der Waals surface area contributed by atoms with Gasteiger partial charge >= 0.3 is 6.18 Å². The summed E-state index contributed by atoms with van der Waals surface area (Å²) in [5, 5.41) is 0. The molecule has 0 spiro atoms. The zero-order valence-corrected chi connectivity index (χ0v) is 8.08. The number of aromatic nitrogens is 1. The van der Waals surface area contributed by atoms with Crippen molar-refractivity contribution in [3.8, 4) is 0 Å². The van der Waals surface area contributed by atoms with E-state index in [1.165, 1.54) is 12.3 Å². The van der Waals surface area contributed by atoms with Crippen LogP contribution in [0.5, 0.6) is 0 Å². The van der Waals surface area contributed by atoms with E-state index in [9.17, 15) is 13.2 Å². The van der Waals surface area contributed by atoms with Gasteiger partial charge in [0, 0.05) is 6.20 Å². The first-order valence-corrected chi connectivity index (χ1v) is 4.28. The van der Waals surface area contributed by atoms with E-state index < -0.39 is 12.3 Å². The van der Waals surface area contributed by atoms with Gasteiger partial charge in [-0.05, 0) is 18.6 Å². The maximum atomic E-state index is 12.1. The van der Waals surface area contributed by atoms with Gasteiger partial charge in [-0.1, -0.05) is 6.07 Å². The summed E-state index contributed by atoms with van der Waals surface area (Å²) in [7, 11) is 0. The second-order valence-electron chi connectivity index (χ2n) is 3.09. The molecule has 3 nitrogen and oxygen atoms in total. The Balaban J connectivity index is 2.47. The molecule has 0 saturated heterocycles. The van der Waals surface area contributed by atoms with E-state index in [1.807, 2.05) is 0 Å². The second kappa shape index (κ2) is 4.48. The Morgan fingerprint density at radius 2 is 2.13 bits per heavy atom. The van der Waals surface area contributed by atoms with Gasteiger partial charge in [0.05, 0.1) is 6.61 Å². The zero-order chi connectivity index (χ0) is 11.5. The van der Waals surface area contributed by atoms with Crippen LogP contribution in [0.25, 0.3) is 0 Å². The van der Waals surface area contributed by atoms with Gasteiger partial charge < -0.3 is 10.5 Å². The number of anilines is 1. The first-order valence-electron chi connectivity index (χ1n) is 4.28. The van der Waals surface area contributed by atoms with Crippen LogP contribution in [0.1, 0.15) is 12.5 Å². The van der Waals surface area contributed by atoms with Crippen LogP contribution in [0.4, 0.5) is 19.0 Å². The van der Waals surface area contributed by atoms with E-state index in [-0.39, 0.29) is 6.61 Å². The third-order valence-electron chi connectivity index (χ3n) is 1.81. The smallest absolute Gasteiger partial charge is 0.384 e. The van der Waals surface area contributed by atoms with Crippen LogP contribution < -0.4 is 5.73 Å². The highest BCUT2D eigenvalue weighted by atomic mass is 19.4. The zero-order valence-electron chi connectivity index (χ0n) is 8.08. The monoisotopic (exact) mass is 220 g/mol. The predicted octanol–water partition coefficient (Wildman–Crippen LogP) is 2.13. The van der Waals surface area contributed by atoms with E-state index in [0.717, 1.165) is 6.92 Å². The van der Waals surface area contributed by atoms with Crippen molar-refractivity contribution in [3.63, 3.8) is 0 Å². The average Bonchev–Trinajstić information content (AvgIpc) is 2.15. The number of pyridine rings is 1. The molecule has 0 bridgehead atoms. The largest absolute Gasteiger partial charge is 0.414 e. The molecule has 2 N–H and O–H groups in total. The van der Waals surface area contributed by atoms with Gasteiger partial charge in [-0.2, -0.15) is 13.2 Å². The van der Waals surface area contributed by atoms with Crippen LogP contribution in [0.2, 0.25) is 0 Å². The van der Waals surface area contributed by atoms with Crippen molar-refractivity contribution in [2.45, 2.75) is 25.8 Å². The van der Waals surface area contributed by atoms with E-state index in [4.69, 9.17) is 5.73 Å². The summed E-state index contributed by atoms with van der Waals surface area (Å²) in [6, 6.07) is 3.09. The first kappa shape index (κ1) is 11.8. The molecule has 84 valence electrons. The predicted molar refractivity (Wildman–Crippen MR) is 49.0 cm³/mol. The van der Waals surface area contributed by atoms with E-state index in [0.29, 0.717) is 11.4 Å². The number of ether oxygens (including phenoxy) is 1. The lowest BCUT2D eigenvalue weighted by Crippen LogP contribution is -2.28. The molecule has 0 radical (unpaired) electrons. The number of rotatable bonds is 3. The fourth-order valence-electron chi connectivity index (χ4n) is 0.837. The number of alkyl halides is 3. The summed E-state index contributed by atoms with van der Waals surface area (Å²) in [6.45, 7) is 0.832. The standard InChI is InChI=1S/C9H11F3N2O/c1-6(9(10,11)12)15-5-7-2-3-8(13)14-4-7/h2-4,6H,5H2,1H3,(H2,13,14). The van der Waals surface area contributed by atoms with Crippen LogP contribution in [0, 0.1) is 0 Å². The lowest BCUT2D eigenvalue weighted by Gasteiger charge is -2.16. The highest BCUT2D eigenvalue weighted by Gasteiger charge is 2.36. The molecule has 0 aliphatic rings. The van der Waals surface area contributed by atoms with Gasteiger partial charge in [-0.3, -0.25) is 0 Å². The Morgan fingerprint density at radius 3 is 2.60 bits per heavy atom. The topological polar surface area (TPSA) is 48.1 Å². The van der Waals surface area contributed by atoms with E-state index >= 15 is 0 Å². The minimum atomic E-state index is -4.33. The normalized spacial score (nSPS) is 13.9. The molecule has 1 rings (SSSR count). The molecular weight excluding hydrogens is 209 g/mol. The Bertz CT molecular complexity index is 310. The van der Waals surface area contributed by atoms with Gasteiger partial charge in [0.25, 0.3) is 0 Å². The first-order chi connectivity index (χ1) is 6.89. The minimum Gasteiger partial charge on any atom is -0.384 e. The Morgan fingerprint density at radius 1 is 1.47 bits per heavy atom. The molecule has 0 fully saturated rings. The van der Waals surface area contributed by atoms with Gasteiger partial charge in [-0.15, -0.1) is 0 Å². The molecule has 1 aromatic rings. The maximum absolute atomic E-state index is 12.1. The average molecular weight is 220 g/mol. The molecule has 0 saturated carbocycles. The molecular formula is C9H11F3N2O. The highest BCUT2D eigenvalue weighted by molar-refractivity contribution is 5.28. The summed E-state index contributed by atoms with van der Waals surface area (Å²) >= 11 is 0. The van der Waals surface area contributed by atoms with Gasteiger partial charge in [-0.25, -0.2) is 4.98 Å². The van der Waals surface area contributed by atoms with Crippen LogP contribution in [-0.2, 0) is 11.3 Å². The van der Waals surface area contributed by atoms with E-state index in [2.05, 4.69) is 9.72 Å². The molecule has 1 aromatic heterocycles. The number of nitrogens with two attached hydrogens (primary N) is 1. The molecule has 0 aliphatic carbocycles. The lowest BCUT2D eigenvalue weighted by atomic mass is 10.3. The second-order valence-corrected chi connectivity index (χ2v) is 3.09. The molecule has 0 amide bonds. The number of hydrogen-bond acceptors (Lipinski definition) is 3. The lowest BCUT2D eigenvalue weighted by molar-refractivity contribution is -0.217.